The first-order valence-corrected chi connectivity index (χ1v) is 6.48. The normalized spacial score (nSPS) is 10.5. The molecule has 0 radical (unpaired) electrons. The van der Waals surface area contributed by atoms with Crippen LogP contribution in [0.2, 0.25) is 5.02 Å². The lowest BCUT2D eigenvalue weighted by Gasteiger charge is -2.04. The summed E-state index contributed by atoms with van der Waals surface area (Å²) in [6.45, 7) is 0. The average Bonchev–Trinajstić information content (AvgIpc) is 2.48. The first-order valence-electron chi connectivity index (χ1n) is 6.10. The molecule has 2 rings (SSSR count). The van der Waals surface area contributed by atoms with E-state index in [0.717, 1.165) is 17.0 Å². The molecule has 0 heterocycles. The lowest BCUT2D eigenvalue weighted by atomic mass is 10.2. The number of amidine groups is 1. The molecule has 0 unspecified atom stereocenters. The molecule has 0 amide bonds. The molecule has 0 fully saturated rings. The van der Waals surface area contributed by atoms with Crippen LogP contribution in [0.1, 0.15) is 5.56 Å². The Morgan fingerprint density at radius 2 is 1.75 bits per heavy atom. The number of halogens is 1. The van der Waals surface area contributed by atoms with Gasteiger partial charge in [-0.05, 0) is 48.0 Å². The number of rotatable bonds is 4. The molecule has 0 aliphatic rings. The number of hydrogen-bond acceptors (Lipinski definition) is 2. The van der Waals surface area contributed by atoms with Gasteiger partial charge < -0.3 is 10.1 Å². The fraction of sp³-hybridized carbons (Fsp3) is 0.0625. The van der Waals surface area contributed by atoms with Crippen LogP contribution in [0.25, 0.3) is 6.08 Å². The highest BCUT2D eigenvalue weighted by atomic mass is 35.5. The Bertz CT molecular complexity index is 603. The van der Waals surface area contributed by atoms with Crippen LogP contribution in [0.5, 0.6) is 5.75 Å². The van der Waals surface area contributed by atoms with E-state index >= 15 is 0 Å². The third-order valence-electron chi connectivity index (χ3n) is 2.68. The second kappa shape index (κ2) is 6.78. The van der Waals surface area contributed by atoms with E-state index in [1.165, 1.54) is 0 Å². The third kappa shape index (κ3) is 4.14. The van der Waals surface area contributed by atoms with Gasteiger partial charge in [-0.1, -0.05) is 29.8 Å². The van der Waals surface area contributed by atoms with E-state index in [-0.39, 0.29) is 0 Å². The predicted octanol–water partition coefficient (Wildman–Crippen LogP) is 4.45. The van der Waals surface area contributed by atoms with Crippen molar-refractivity contribution in [2.45, 2.75) is 0 Å². The van der Waals surface area contributed by atoms with Gasteiger partial charge in [-0.2, -0.15) is 0 Å². The molecule has 0 aromatic heterocycles. The maximum absolute atomic E-state index is 7.85. The van der Waals surface area contributed by atoms with E-state index in [1.807, 2.05) is 42.5 Å². The zero-order valence-electron chi connectivity index (χ0n) is 11.1. The summed E-state index contributed by atoms with van der Waals surface area (Å²) in [5.41, 5.74) is 1.84. The van der Waals surface area contributed by atoms with Crippen LogP contribution in [0.4, 0.5) is 5.69 Å². The molecular weight excluding hydrogens is 272 g/mol. The van der Waals surface area contributed by atoms with Crippen molar-refractivity contribution < 1.29 is 4.74 Å². The molecule has 2 aromatic rings. The average molecular weight is 287 g/mol. The van der Waals surface area contributed by atoms with Gasteiger partial charge in [0.2, 0.25) is 0 Å². The molecule has 3 nitrogen and oxygen atoms in total. The number of benzene rings is 2. The molecule has 0 saturated carbocycles. The molecule has 102 valence electrons. The van der Waals surface area contributed by atoms with E-state index in [9.17, 15) is 0 Å². The maximum Gasteiger partial charge on any atom is 0.122 e. The topological polar surface area (TPSA) is 45.1 Å². The summed E-state index contributed by atoms with van der Waals surface area (Å²) < 4.78 is 5.09. The highest BCUT2D eigenvalue weighted by Gasteiger charge is 1.95. The summed E-state index contributed by atoms with van der Waals surface area (Å²) in [6, 6.07) is 14.9. The molecule has 20 heavy (non-hydrogen) atoms. The minimum absolute atomic E-state index is 0.308. The van der Waals surface area contributed by atoms with Crippen molar-refractivity contribution in [3.8, 4) is 5.75 Å². The summed E-state index contributed by atoms with van der Waals surface area (Å²) in [6.07, 6.45) is 3.57. The van der Waals surface area contributed by atoms with Gasteiger partial charge in [0.25, 0.3) is 0 Å². The smallest absolute Gasteiger partial charge is 0.122 e. The third-order valence-corrected chi connectivity index (χ3v) is 2.93. The lowest BCUT2D eigenvalue weighted by Crippen LogP contribution is -2.06. The molecule has 0 aliphatic carbocycles. The van der Waals surface area contributed by atoms with E-state index in [2.05, 4.69) is 5.32 Å². The SMILES string of the molecule is COc1ccc(/C=C\C(=N)Nc2ccc(Cl)cc2)cc1. The van der Waals surface area contributed by atoms with Gasteiger partial charge in [0.1, 0.15) is 11.6 Å². The summed E-state index contributed by atoms with van der Waals surface area (Å²) in [7, 11) is 1.64. The first kappa shape index (κ1) is 14.2. The molecule has 2 N–H and O–H groups in total. The summed E-state index contributed by atoms with van der Waals surface area (Å²) in [4.78, 5) is 0. The Morgan fingerprint density at radius 3 is 2.35 bits per heavy atom. The fourth-order valence-electron chi connectivity index (χ4n) is 1.62. The molecule has 0 saturated heterocycles. The van der Waals surface area contributed by atoms with Gasteiger partial charge in [0.05, 0.1) is 7.11 Å². The van der Waals surface area contributed by atoms with Crippen molar-refractivity contribution in [1.29, 1.82) is 5.41 Å². The van der Waals surface area contributed by atoms with Crippen molar-refractivity contribution in [1.82, 2.24) is 0 Å². The highest BCUT2D eigenvalue weighted by Crippen LogP contribution is 2.14. The Kier molecular flexibility index (Phi) is 4.80. The molecule has 0 atom stereocenters. The molecular formula is C16H15ClN2O. The molecule has 2 aromatic carbocycles. The second-order valence-electron chi connectivity index (χ2n) is 4.15. The Hall–Kier alpha value is -2.26. The van der Waals surface area contributed by atoms with Gasteiger partial charge in [0, 0.05) is 10.7 Å². The van der Waals surface area contributed by atoms with Crippen LogP contribution in [0, 0.1) is 5.41 Å². The minimum atomic E-state index is 0.308. The van der Waals surface area contributed by atoms with E-state index < -0.39 is 0 Å². The monoisotopic (exact) mass is 286 g/mol. The minimum Gasteiger partial charge on any atom is -0.497 e. The first-order chi connectivity index (χ1) is 9.67. The zero-order chi connectivity index (χ0) is 14.4. The fourth-order valence-corrected chi connectivity index (χ4v) is 1.75. The zero-order valence-corrected chi connectivity index (χ0v) is 11.8. The van der Waals surface area contributed by atoms with Gasteiger partial charge in [-0.15, -0.1) is 0 Å². The van der Waals surface area contributed by atoms with Crippen molar-refractivity contribution >= 4 is 29.2 Å². The quantitative estimate of drug-likeness (QED) is 0.644. The summed E-state index contributed by atoms with van der Waals surface area (Å²) in [5.74, 6) is 1.12. The maximum atomic E-state index is 7.85. The number of anilines is 1. The molecule has 4 heteroatoms. The van der Waals surface area contributed by atoms with Crippen molar-refractivity contribution in [3.05, 3.63) is 65.2 Å². The van der Waals surface area contributed by atoms with Crippen LogP contribution in [-0.2, 0) is 0 Å². The Labute approximate surface area is 123 Å². The van der Waals surface area contributed by atoms with Crippen LogP contribution in [0.15, 0.2) is 54.6 Å². The number of ether oxygens (including phenoxy) is 1. The predicted molar refractivity (Wildman–Crippen MR) is 84.8 cm³/mol. The van der Waals surface area contributed by atoms with Crippen LogP contribution in [-0.4, -0.2) is 12.9 Å². The van der Waals surface area contributed by atoms with E-state index in [1.54, 1.807) is 25.3 Å². The largest absolute Gasteiger partial charge is 0.497 e. The van der Waals surface area contributed by atoms with Gasteiger partial charge in [-0.25, -0.2) is 0 Å². The van der Waals surface area contributed by atoms with Crippen molar-refractivity contribution in [2.24, 2.45) is 0 Å². The molecule has 0 bridgehead atoms. The number of methoxy groups -OCH3 is 1. The number of hydrogen-bond donors (Lipinski definition) is 2. The lowest BCUT2D eigenvalue weighted by molar-refractivity contribution is 0.415. The van der Waals surface area contributed by atoms with E-state index in [0.29, 0.717) is 10.9 Å². The summed E-state index contributed by atoms with van der Waals surface area (Å²) in [5, 5.41) is 11.5. The second-order valence-corrected chi connectivity index (χ2v) is 4.59. The van der Waals surface area contributed by atoms with Gasteiger partial charge >= 0.3 is 0 Å². The molecule has 0 aliphatic heterocycles. The number of nitrogens with one attached hydrogen (secondary N) is 2. The van der Waals surface area contributed by atoms with Crippen LogP contribution >= 0.6 is 11.6 Å². The van der Waals surface area contributed by atoms with E-state index in [4.69, 9.17) is 21.7 Å². The summed E-state index contributed by atoms with van der Waals surface area (Å²) >= 11 is 5.81. The van der Waals surface area contributed by atoms with Crippen molar-refractivity contribution in [2.75, 3.05) is 12.4 Å². The Morgan fingerprint density at radius 1 is 1.10 bits per heavy atom. The molecule has 0 spiro atoms. The standard InChI is InChI=1S/C16H15ClN2O/c1-20-15-9-2-12(3-10-15)4-11-16(18)19-14-7-5-13(17)6-8-14/h2-11H,1H3,(H2,18,19)/b11-4-. The van der Waals surface area contributed by atoms with Crippen LogP contribution in [0.3, 0.4) is 0 Å². The Balaban J connectivity index is 1.96. The van der Waals surface area contributed by atoms with Crippen molar-refractivity contribution in [3.63, 3.8) is 0 Å². The van der Waals surface area contributed by atoms with Gasteiger partial charge in [0.15, 0.2) is 0 Å². The highest BCUT2D eigenvalue weighted by molar-refractivity contribution is 6.30. The van der Waals surface area contributed by atoms with Crippen LogP contribution < -0.4 is 10.1 Å². The van der Waals surface area contributed by atoms with Gasteiger partial charge in [-0.3, -0.25) is 5.41 Å².